The number of hydrogen-bond donors (Lipinski definition) is 0. The highest BCUT2D eigenvalue weighted by Crippen LogP contribution is 2.58. The number of rotatable bonds is 3. The Balaban J connectivity index is 2.01. The zero-order chi connectivity index (χ0) is 16.8. The van der Waals surface area contributed by atoms with Gasteiger partial charge >= 0.3 is 0 Å². The molecule has 0 aromatic carbocycles. The van der Waals surface area contributed by atoms with E-state index in [1.165, 1.54) is 5.57 Å². The molecule has 23 heavy (non-hydrogen) atoms. The summed E-state index contributed by atoms with van der Waals surface area (Å²) in [6.07, 6.45) is 8.25. The Morgan fingerprint density at radius 1 is 1.17 bits per heavy atom. The number of hydrogen-bond acceptors (Lipinski definition) is 3. The average molecular weight is 314 g/mol. The number of furan rings is 1. The summed E-state index contributed by atoms with van der Waals surface area (Å²) >= 11 is 0. The van der Waals surface area contributed by atoms with Crippen LogP contribution in [0.1, 0.15) is 58.9 Å². The summed E-state index contributed by atoms with van der Waals surface area (Å²) < 4.78 is 5.15. The van der Waals surface area contributed by atoms with Crippen LogP contribution < -0.4 is 0 Å². The number of allylic oxidation sites excluding steroid dienone is 2. The lowest BCUT2D eigenvalue weighted by Crippen LogP contribution is -2.53. The van der Waals surface area contributed by atoms with Gasteiger partial charge in [0.25, 0.3) is 0 Å². The highest BCUT2D eigenvalue weighted by atomic mass is 16.3. The van der Waals surface area contributed by atoms with Gasteiger partial charge in [-0.15, -0.1) is 0 Å². The zero-order valence-electron chi connectivity index (χ0n) is 14.6. The predicted molar refractivity (Wildman–Crippen MR) is 89.0 cm³/mol. The molecule has 3 nitrogen and oxygen atoms in total. The van der Waals surface area contributed by atoms with Crippen LogP contribution in [0.5, 0.6) is 0 Å². The first-order chi connectivity index (χ1) is 10.8. The van der Waals surface area contributed by atoms with E-state index >= 15 is 0 Å². The van der Waals surface area contributed by atoms with Gasteiger partial charge in [-0.05, 0) is 60.6 Å². The molecule has 0 radical (unpaired) electrons. The molecule has 3 heteroatoms. The van der Waals surface area contributed by atoms with E-state index in [-0.39, 0.29) is 28.3 Å². The SMILES string of the molecule is CC1=C(CCc2ccoc2)[C@@]2(C)CCCC(C)(C)[C@@H]2C(=O)C1=O. The smallest absolute Gasteiger partial charge is 0.224 e. The summed E-state index contributed by atoms with van der Waals surface area (Å²) in [4.78, 5) is 25.3. The molecule has 1 aromatic heterocycles. The fourth-order valence-electron chi connectivity index (χ4n) is 5.09. The van der Waals surface area contributed by atoms with E-state index in [9.17, 15) is 9.59 Å². The summed E-state index contributed by atoms with van der Waals surface area (Å²) in [7, 11) is 0. The molecule has 0 spiro atoms. The minimum absolute atomic E-state index is 0.110. The minimum atomic E-state index is -0.260. The van der Waals surface area contributed by atoms with Gasteiger partial charge in [-0.1, -0.05) is 32.8 Å². The van der Waals surface area contributed by atoms with Gasteiger partial charge in [0.05, 0.1) is 12.5 Å². The van der Waals surface area contributed by atoms with Crippen molar-refractivity contribution in [2.75, 3.05) is 0 Å². The van der Waals surface area contributed by atoms with Crippen molar-refractivity contribution < 1.29 is 14.0 Å². The molecule has 2 aliphatic rings. The van der Waals surface area contributed by atoms with E-state index in [0.29, 0.717) is 5.57 Å². The number of aryl methyl sites for hydroxylation is 1. The largest absolute Gasteiger partial charge is 0.472 e. The van der Waals surface area contributed by atoms with Gasteiger partial charge in [-0.2, -0.15) is 0 Å². The number of Topliss-reactive ketones (excluding diaryl/α,β-unsaturated/α-hetero) is 2. The number of ketones is 2. The van der Waals surface area contributed by atoms with Crippen molar-refractivity contribution in [3.8, 4) is 0 Å². The van der Waals surface area contributed by atoms with E-state index in [0.717, 1.165) is 37.7 Å². The Morgan fingerprint density at radius 2 is 1.91 bits per heavy atom. The van der Waals surface area contributed by atoms with Crippen LogP contribution in [-0.4, -0.2) is 11.6 Å². The molecule has 2 atom stereocenters. The summed E-state index contributed by atoms with van der Waals surface area (Å²) in [6, 6.07) is 1.97. The van der Waals surface area contributed by atoms with Crippen LogP contribution in [0.25, 0.3) is 0 Å². The average Bonchev–Trinajstić information content (AvgIpc) is 2.97. The van der Waals surface area contributed by atoms with Crippen molar-refractivity contribution in [1.82, 2.24) is 0 Å². The Bertz CT molecular complexity index is 663. The topological polar surface area (TPSA) is 47.3 Å². The molecule has 124 valence electrons. The maximum atomic E-state index is 12.8. The van der Waals surface area contributed by atoms with E-state index in [1.54, 1.807) is 12.5 Å². The van der Waals surface area contributed by atoms with Gasteiger partial charge in [0, 0.05) is 5.92 Å². The molecule has 1 aromatic rings. The fourth-order valence-corrected chi connectivity index (χ4v) is 5.09. The third-order valence-electron chi connectivity index (χ3n) is 6.15. The highest BCUT2D eigenvalue weighted by molar-refractivity contribution is 6.45. The molecule has 1 saturated carbocycles. The molecule has 0 amide bonds. The van der Waals surface area contributed by atoms with Crippen LogP contribution in [0.15, 0.2) is 34.2 Å². The van der Waals surface area contributed by atoms with Gasteiger partial charge in [0.1, 0.15) is 0 Å². The van der Waals surface area contributed by atoms with Crippen LogP contribution in [0.3, 0.4) is 0 Å². The molecule has 0 aliphatic heterocycles. The van der Waals surface area contributed by atoms with Gasteiger partial charge in [-0.3, -0.25) is 9.59 Å². The molecular formula is C20H26O3. The molecule has 0 saturated heterocycles. The van der Waals surface area contributed by atoms with Crippen LogP contribution in [0.4, 0.5) is 0 Å². The van der Waals surface area contributed by atoms with E-state index in [2.05, 4.69) is 20.8 Å². The first-order valence-electron chi connectivity index (χ1n) is 8.57. The van der Waals surface area contributed by atoms with Crippen molar-refractivity contribution >= 4 is 11.6 Å². The molecule has 3 rings (SSSR count). The second-order valence-electron chi connectivity index (χ2n) is 8.12. The Morgan fingerprint density at radius 3 is 2.57 bits per heavy atom. The van der Waals surface area contributed by atoms with Crippen LogP contribution in [-0.2, 0) is 16.0 Å². The minimum Gasteiger partial charge on any atom is -0.472 e. The van der Waals surface area contributed by atoms with Crippen molar-refractivity contribution in [1.29, 1.82) is 0 Å². The predicted octanol–water partition coefficient (Wildman–Crippen LogP) is 4.51. The summed E-state index contributed by atoms with van der Waals surface area (Å²) in [5, 5.41) is 0. The maximum Gasteiger partial charge on any atom is 0.224 e. The quantitative estimate of drug-likeness (QED) is 0.771. The van der Waals surface area contributed by atoms with Gasteiger partial charge < -0.3 is 4.42 Å². The van der Waals surface area contributed by atoms with Crippen LogP contribution in [0.2, 0.25) is 0 Å². The van der Waals surface area contributed by atoms with Crippen molar-refractivity contribution in [3.63, 3.8) is 0 Å². The normalized spacial score (nSPS) is 30.5. The first kappa shape index (κ1) is 16.2. The lowest BCUT2D eigenvalue weighted by Gasteiger charge is -2.53. The van der Waals surface area contributed by atoms with Crippen molar-refractivity contribution in [3.05, 3.63) is 35.3 Å². The third-order valence-corrected chi connectivity index (χ3v) is 6.15. The molecular weight excluding hydrogens is 288 g/mol. The van der Waals surface area contributed by atoms with Crippen molar-refractivity contribution in [2.45, 2.75) is 59.8 Å². The molecule has 2 aliphatic carbocycles. The standard InChI is InChI=1S/C20H26O3/c1-13-15(7-6-14-8-11-23-12-14)20(4)10-5-9-19(2,3)18(20)17(22)16(13)21/h8,11-12,18H,5-7,9-10H2,1-4H3/t18-,20+/m0/s1. The van der Waals surface area contributed by atoms with Crippen LogP contribution >= 0.6 is 0 Å². The van der Waals surface area contributed by atoms with E-state index in [4.69, 9.17) is 4.42 Å². The first-order valence-corrected chi connectivity index (χ1v) is 8.57. The number of fused-ring (bicyclic) bond motifs is 1. The monoisotopic (exact) mass is 314 g/mol. The maximum absolute atomic E-state index is 12.8. The number of carbonyl (C=O) groups is 2. The molecule has 1 fully saturated rings. The van der Waals surface area contributed by atoms with Gasteiger partial charge in [0.15, 0.2) is 0 Å². The molecule has 0 N–H and O–H groups in total. The summed E-state index contributed by atoms with van der Waals surface area (Å²) in [6.45, 7) is 8.34. The Hall–Kier alpha value is -1.64. The molecule has 0 unspecified atom stereocenters. The lowest BCUT2D eigenvalue weighted by atomic mass is 9.49. The van der Waals surface area contributed by atoms with E-state index in [1.807, 2.05) is 13.0 Å². The Kier molecular flexibility index (Phi) is 3.86. The second kappa shape index (κ2) is 5.47. The van der Waals surface area contributed by atoms with Crippen molar-refractivity contribution in [2.24, 2.45) is 16.7 Å². The summed E-state index contributed by atoms with van der Waals surface area (Å²) in [5.41, 5.74) is 2.74. The van der Waals surface area contributed by atoms with Crippen LogP contribution in [0, 0.1) is 16.7 Å². The lowest BCUT2D eigenvalue weighted by molar-refractivity contribution is -0.146. The van der Waals surface area contributed by atoms with E-state index < -0.39 is 0 Å². The van der Waals surface area contributed by atoms with Gasteiger partial charge in [-0.25, -0.2) is 0 Å². The summed E-state index contributed by atoms with van der Waals surface area (Å²) in [5.74, 6) is -0.606. The zero-order valence-corrected chi connectivity index (χ0v) is 14.6. The molecule has 1 heterocycles. The Labute approximate surface area is 138 Å². The third kappa shape index (κ3) is 2.50. The van der Waals surface area contributed by atoms with Gasteiger partial charge in [0.2, 0.25) is 11.6 Å². The fraction of sp³-hybridized carbons (Fsp3) is 0.600. The number of carbonyl (C=O) groups excluding carboxylic acids is 2. The molecule has 0 bridgehead atoms. The highest BCUT2D eigenvalue weighted by Gasteiger charge is 2.56. The second-order valence-corrected chi connectivity index (χ2v) is 8.12.